The standard InChI is InChI=1S/C13H22N4S/c1-8(14-3)9(2)18-13-16-15-12(10-4-5-10)17(13)11-6-7-11/h8-11,14H,4-7H2,1-3H3. The summed E-state index contributed by atoms with van der Waals surface area (Å²) in [6.07, 6.45) is 5.22. The highest BCUT2D eigenvalue weighted by Gasteiger charge is 2.36. The van der Waals surface area contributed by atoms with Crippen LogP contribution in [0.1, 0.15) is 57.3 Å². The van der Waals surface area contributed by atoms with Crippen molar-refractivity contribution in [1.82, 2.24) is 20.1 Å². The van der Waals surface area contributed by atoms with E-state index in [0.29, 0.717) is 23.3 Å². The second-order valence-electron chi connectivity index (χ2n) is 5.62. The van der Waals surface area contributed by atoms with Gasteiger partial charge in [-0.15, -0.1) is 10.2 Å². The van der Waals surface area contributed by atoms with Crippen molar-refractivity contribution >= 4 is 11.8 Å². The van der Waals surface area contributed by atoms with Gasteiger partial charge in [0, 0.05) is 23.3 Å². The lowest BCUT2D eigenvalue weighted by Crippen LogP contribution is -2.30. The summed E-state index contributed by atoms with van der Waals surface area (Å²) in [6.45, 7) is 4.48. The lowest BCUT2D eigenvalue weighted by atomic mass is 10.3. The molecule has 2 unspecified atom stereocenters. The van der Waals surface area contributed by atoms with Crippen LogP contribution in [0.5, 0.6) is 0 Å². The van der Waals surface area contributed by atoms with Crippen molar-refractivity contribution in [3.8, 4) is 0 Å². The molecule has 2 atom stereocenters. The van der Waals surface area contributed by atoms with Crippen LogP contribution in [0.25, 0.3) is 0 Å². The van der Waals surface area contributed by atoms with Gasteiger partial charge in [0.1, 0.15) is 5.82 Å². The van der Waals surface area contributed by atoms with Crippen molar-refractivity contribution in [3.05, 3.63) is 5.82 Å². The Labute approximate surface area is 113 Å². The van der Waals surface area contributed by atoms with E-state index in [0.717, 1.165) is 5.16 Å². The fraction of sp³-hybridized carbons (Fsp3) is 0.846. The molecule has 2 saturated carbocycles. The largest absolute Gasteiger partial charge is 0.316 e. The van der Waals surface area contributed by atoms with Gasteiger partial charge in [-0.25, -0.2) is 0 Å². The lowest BCUT2D eigenvalue weighted by molar-refractivity contribution is 0.594. The topological polar surface area (TPSA) is 42.7 Å². The first kappa shape index (κ1) is 12.5. The predicted octanol–water partition coefficient (Wildman–Crippen LogP) is 2.58. The zero-order valence-electron chi connectivity index (χ0n) is 11.4. The molecule has 0 aliphatic heterocycles. The zero-order chi connectivity index (χ0) is 12.7. The maximum Gasteiger partial charge on any atom is 0.191 e. The number of hydrogen-bond donors (Lipinski definition) is 1. The van der Waals surface area contributed by atoms with Gasteiger partial charge in [0.25, 0.3) is 0 Å². The van der Waals surface area contributed by atoms with E-state index in [1.807, 2.05) is 18.8 Å². The monoisotopic (exact) mass is 266 g/mol. The van der Waals surface area contributed by atoms with Crippen LogP contribution in [0, 0.1) is 0 Å². The molecule has 4 nitrogen and oxygen atoms in total. The number of aromatic nitrogens is 3. The molecule has 1 aromatic heterocycles. The van der Waals surface area contributed by atoms with Gasteiger partial charge in [-0.1, -0.05) is 18.7 Å². The highest BCUT2D eigenvalue weighted by atomic mass is 32.2. The molecule has 3 rings (SSSR count). The summed E-state index contributed by atoms with van der Waals surface area (Å²) in [5.74, 6) is 1.95. The molecule has 0 aromatic carbocycles. The van der Waals surface area contributed by atoms with Crippen LogP contribution in [0.15, 0.2) is 5.16 Å². The third-order valence-electron chi connectivity index (χ3n) is 4.00. The Morgan fingerprint density at radius 1 is 1.22 bits per heavy atom. The molecule has 0 radical (unpaired) electrons. The molecule has 1 N–H and O–H groups in total. The van der Waals surface area contributed by atoms with Gasteiger partial charge < -0.3 is 9.88 Å². The summed E-state index contributed by atoms with van der Waals surface area (Å²) in [5.41, 5.74) is 0. The average Bonchev–Trinajstić information content (AvgIpc) is 3.27. The van der Waals surface area contributed by atoms with Crippen LogP contribution in [0.4, 0.5) is 0 Å². The highest BCUT2D eigenvalue weighted by Crippen LogP contribution is 2.46. The molecule has 0 spiro atoms. The van der Waals surface area contributed by atoms with E-state index >= 15 is 0 Å². The Kier molecular flexibility index (Phi) is 3.36. The number of nitrogens with zero attached hydrogens (tertiary/aromatic N) is 3. The Morgan fingerprint density at radius 2 is 1.94 bits per heavy atom. The van der Waals surface area contributed by atoms with Crippen molar-refractivity contribution in [3.63, 3.8) is 0 Å². The fourth-order valence-corrected chi connectivity index (χ4v) is 3.28. The molecule has 0 amide bonds. The third kappa shape index (κ3) is 2.43. The van der Waals surface area contributed by atoms with Crippen LogP contribution in [0.3, 0.4) is 0 Å². The third-order valence-corrected chi connectivity index (χ3v) is 5.27. The number of thioether (sulfide) groups is 1. The lowest BCUT2D eigenvalue weighted by Gasteiger charge is -2.18. The molecule has 2 fully saturated rings. The van der Waals surface area contributed by atoms with Gasteiger partial charge >= 0.3 is 0 Å². The van der Waals surface area contributed by atoms with Crippen molar-refractivity contribution in [2.75, 3.05) is 7.05 Å². The van der Waals surface area contributed by atoms with Crippen molar-refractivity contribution in [2.45, 2.75) is 67.9 Å². The minimum Gasteiger partial charge on any atom is -0.316 e. The first-order valence-electron chi connectivity index (χ1n) is 6.99. The van der Waals surface area contributed by atoms with Crippen LogP contribution in [-0.2, 0) is 0 Å². The Morgan fingerprint density at radius 3 is 2.50 bits per heavy atom. The summed E-state index contributed by atoms with van der Waals surface area (Å²) < 4.78 is 2.43. The molecule has 1 aromatic rings. The van der Waals surface area contributed by atoms with Crippen LogP contribution < -0.4 is 5.32 Å². The Bertz CT molecular complexity index is 423. The average molecular weight is 266 g/mol. The van der Waals surface area contributed by atoms with Crippen molar-refractivity contribution in [2.24, 2.45) is 0 Å². The minimum absolute atomic E-state index is 0.490. The highest BCUT2D eigenvalue weighted by molar-refractivity contribution is 7.99. The zero-order valence-corrected chi connectivity index (χ0v) is 12.2. The van der Waals surface area contributed by atoms with Crippen molar-refractivity contribution in [1.29, 1.82) is 0 Å². The normalized spacial score (nSPS) is 23.1. The number of hydrogen-bond acceptors (Lipinski definition) is 4. The second kappa shape index (κ2) is 4.85. The van der Waals surface area contributed by atoms with Crippen molar-refractivity contribution < 1.29 is 0 Å². The number of nitrogens with one attached hydrogen (secondary N) is 1. The van der Waals surface area contributed by atoms with E-state index in [4.69, 9.17) is 0 Å². The quantitative estimate of drug-likeness (QED) is 0.804. The van der Waals surface area contributed by atoms with Gasteiger partial charge in [0.2, 0.25) is 0 Å². The van der Waals surface area contributed by atoms with E-state index in [1.165, 1.54) is 31.5 Å². The number of rotatable bonds is 6. The molecule has 100 valence electrons. The summed E-state index contributed by atoms with van der Waals surface area (Å²) in [4.78, 5) is 0. The molecule has 5 heteroatoms. The van der Waals surface area contributed by atoms with Gasteiger partial charge in [-0.3, -0.25) is 0 Å². The first-order valence-corrected chi connectivity index (χ1v) is 7.87. The maximum atomic E-state index is 4.45. The van der Waals surface area contributed by atoms with E-state index in [1.54, 1.807) is 0 Å². The van der Waals surface area contributed by atoms with Gasteiger partial charge in [-0.05, 0) is 39.7 Å². The van der Waals surface area contributed by atoms with E-state index in [-0.39, 0.29) is 0 Å². The Hall–Kier alpha value is -0.550. The van der Waals surface area contributed by atoms with Crippen LogP contribution in [0.2, 0.25) is 0 Å². The summed E-state index contributed by atoms with van der Waals surface area (Å²) >= 11 is 1.86. The summed E-state index contributed by atoms with van der Waals surface area (Å²) in [5, 5.41) is 13.9. The Balaban J connectivity index is 1.78. The van der Waals surface area contributed by atoms with Gasteiger partial charge in [0.15, 0.2) is 5.16 Å². The van der Waals surface area contributed by atoms with E-state index in [2.05, 4.69) is 33.9 Å². The second-order valence-corrected chi connectivity index (χ2v) is 6.96. The molecule has 18 heavy (non-hydrogen) atoms. The van der Waals surface area contributed by atoms with Gasteiger partial charge in [0.05, 0.1) is 0 Å². The van der Waals surface area contributed by atoms with E-state index < -0.39 is 0 Å². The molecule has 2 aliphatic rings. The van der Waals surface area contributed by atoms with Gasteiger partial charge in [-0.2, -0.15) is 0 Å². The van der Waals surface area contributed by atoms with Crippen LogP contribution >= 0.6 is 11.8 Å². The summed E-state index contributed by atoms with van der Waals surface area (Å²) in [6, 6.07) is 1.18. The maximum absolute atomic E-state index is 4.45. The molecule has 0 saturated heterocycles. The summed E-state index contributed by atoms with van der Waals surface area (Å²) in [7, 11) is 2.02. The molecule has 1 heterocycles. The molecule has 2 aliphatic carbocycles. The SMILES string of the molecule is CNC(C)C(C)Sc1nnc(C2CC2)n1C1CC1. The van der Waals surface area contributed by atoms with E-state index in [9.17, 15) is 0 Å². The first-order chi connectivity index (χ1) is 8.70. The predicted molar refractivity (Wildman–Crippen MR) is 74.1 cm³/mol. The molecular weight excluding hydrogens is 244 g/mol. The van der Waals surface area contributed by atoms with Crippen LogP contribution in [-0.4, -0.2) is 33.1 Å². The minimum atomic E-state index is 0.490. The smallest absolute Gasteiger partial charge is 0.191 e. The molecule has 0 bridgehead atoms. The fourth-order valence-electron chi connectivity index (χ4n) is 2.17. The molecular formula is C13H22N4S.